The Morgan fingerprint density at radius 1 is 0.964 bits per heavy atom. The minimum Gasteiger partial charge on any atom is -0.497 e. The van der Waals surface area contributed by atoms with E-state index in [4.69, 9.17) is 4.74 Å². The molecule has 3 aromatic rings. The number of methoxy groups -OCH3 is 1. The van der Waals surface area contributed by atoms with Gasteiger partial charge in [-0.25, -0.2) is 8.42 Å². The SMILES string of the molecule is COc1cccc(NC(=O)c2ccc3c(c2)-c2ccccc2S(=O)(=O)N3C)c1. The van der Waals surface area contributed by atoms with Crippen LogP contribution in [0.3, 0.4) is 0 Å². The van der Waals surface area contributed by atoms with E-state index in [0.29, 0.717) is 33.8 Å². The fraction of sp³-hybridized carbons (Fsp3) is 0.0952. The van der Waals surface area contributed by atoms with Crippen LogP contribution in [0, 0.1) is 0 Å². The van der Waals surface area contributed by atoms with Gasteiger partial charge in [-0.05, 0) is 36.4 Å². The summed E-state index contributed by atoms with van der Waals surface area (Å²) in [6.45, 7) is 0. The number of carbonyl (C=O) groups excluding carboxylic acids is 1. The summed E-state index contributed by atoms with van der Waals surface area (Å²) < 4.78 is 31.9. The van der Waals surface area contributed by atoms with Crippen molar-refractivity contribution in [3.05, 3.63) is 72.3 Å². The van der Waals surface area contributed by atoms with Crippen LogP contribution in [0.1, 0.15) is 10.4 Å². The highest BCUT2D eigenvalue weighted by atomic mass is 32.2. The molecule has 0 radical (unpaired) electrons. The maximum Gasteiger partial charge on any atom is 0.264 e. The maximum absolute atomic E-state index is 12.7. The minimum absolute atomic E-state index is 0.232. The molecule has 1 amide bonds. The molecule has 0 fully saturated rings. The number of nitrogens with zero attached hydrogens (tertiary/aromatic N) is 1. The van der Waals surface area contributed by atoms with E-state index in [1.165, 1.54) is 11.4 Å². The lowest BCUT2D eigenvalue weighted by molar-refractivity contribution is 0.102. The molecule has 0 aromatic heterocycles. The summed E-state index contributed by atoms with van der Waals surface area (Å²) in [6.07, 6.45) is 0. The molecule has 0 saturated carbocycles. The van der Waals surface area contributed by atoms with E-state index in [1.54, 1.807) is 73.8 Å². The maximum atomic E-state index is 12.7. The molecule has 3 aromatic carbocycles. The lowest BCUT2D eigenvalue weighted by Crippen LogP contribution is -2.30. The summed E-state index contributed by atoms with van der Waals surface area (Å²) in [5.74, 6) is 0.355. The molecule has 0 atom stereocenters. The van der Waals surface area contributed by atoms with Gasteiger partial charge < -0.3 is 10.1 Å². The highest BCUT2D eigenvalue weighted by Gasteiger charge is 2.32. The van der Waals surface area contributed by atoms with E-state index in [1.807, 2.05) is 0 Å². The van der Waals surface area contributed by atoms with E-state index in [9.17, 15) is 13.2 Å². The average molecular weight is 394 g/mol. The molecule has 0 spiro atoms. The number of sulfonamides is 1. The molecule has 0 saturated heterocycles. The summed E-state index contributed by atoms with van der Waals surface area (Å²) in [6, 6.07) is 18.9. The van der Waals surface area contributed by atoms with Crippen LogP contribution in [0.5, 0.6) is 5.75 Å². The summed E-state index contributed by atoms with van der Waals surface area (Å²) in [4.78, 5) is 13.0. The van der Waals surface area contributed by atoms with Crippen molar-refractivity contribution < 1.29 is 17.9 Å². The van der Waals surface area contributed by atoms with Crippen LogP contribution in [-0.2, 0) is 10.0 Å². The number of hydrogen-bond acceptors (Lipinski definition) is 4. The number of fused-ring (bicyclic) bond motifs is 3. The summed E-state index contributed by atoms with van der Waals surface area (Å²) in [5, 5.41) is 2.84. The van der Waals surface area contributed by atoms with E-state index in [2.05, 4.69) is 5.32 Å². The lowest BCUT2D eigenvalue weighted by Gasteiger charge is -2.29. The number of amides is 1. The second-order valence-corrected chi connectivity index (χ2v) is 8.32. The predicted molar refractivity (Wildman–Crippen MR) is 108 cm³/mol. The normalized spacial score (nSPS) is 14.0. The van der Waals surface area contributed by atoms with Gasteiger partial charge in [0, 0.05) is 35.5 Å². The standard InChI is InChI=1S/C21H18N2O4S/c1-23-19-11-10-14(21(24)22-15-6-5-7-16(13-15)27-2)12-18(19)17-8-3-4-9-20(17)28(23,25)26/h3-13H,1-2H3,(H,22,24). The van der Waals surface area contributed by atoms with Gasteiger partial charge in [0.2, 0.25) is 0 Å². The third-order valence-electron chi connectivity index (χ3n) is 4.74. The number of rotatable bonds is 3. The Balaban J connectivity index is 1.74. The molecule has 0 bridgehead atoms. The first-order valence-electron chi connectivity index (χ1n) is 8.59. The first kappa shape index (κ1) is 18.1. The third kappa shape index (κ3) is 2.90. The van der Waals surface area contributed by atoms with Crippen molar-refractivity contribution in [3.63, 3.8) is 0 Å². The van der Waals surface area contributed by atoms with Crippen molar-refractivity contribution >= 4 is 27.3 Å². The Hall–Kier alpha value is -3.32. The smallest absolute Gasteiger partial charge is 0.264 e. The van der Waals surface area contributed by atoms with Crippen molar-refractivity contribution in [2.45, 2.75) is 4.90 Å². The summed E-state index contributed by atoms with van der Waals surface area (Å²) in [7, 11) is -0.529. The van der Waals surface area contributed by atoms with Gasteiger partial charge in [-0.2, -0.15) is 0 Å². The van der Waals surface area contributed by atoms with Gasteiger partial charge >= 0.3 is 0 Å². The Labute approximate surface area is 163 Å². The topological polar surface area (TPSA) is 75.7 Å². The highest BCUT2D eigenvalue weighted by molar-refractivity contribution is 7.93. The van der Waals surface area contributed by atoms with E-state index in [0.717, 1.165) is 0 Å². The zero-order valence-corrected chi connectivity index (χ0v) is 16.2. The van der Waals surface area contributed by atoms with Gasteiger partial charge in [0.15, 0.2) is 0 Å². The Bertz CT molecular complexity index is 1190. The molecule has 0 aliphatic carbocycles. The van der Waals surface area contributed by atoms with E-state index in [-0.39, 0.29) is 10.8 Å². The van der Waals surface area contributed by atoms with Gasteiger partial charge in [-0.15, -0.1) is 0 Å². The quantitative estimate of drug-likeness (QED) is 0.734. The predicted octanol–water partition coefficient (Wildman–Crippen LogP) is 3.75. The van der Waals surface area contributed by atoms with Gasteiger partial charge in [-0.1, -0.05) is 24.3 Å². The van der Waals surface area contributed by atoms with Crippen LogP contribution in [0.4, 0.5) is 11.4 Å². The van der Waals surface area contributed by atoms with E-state index >= 15 is 0 Å². The highest BCUT2D eigenvalue weighted by Crippen LogP contribution is 2.42. The number of ether oxygens (including phenoxy) is 1. The summed E-state index contributed by atoms with van der Waals surface area (Å²) >= 11 is 0. The zero-order valence-electron chi connectivity index (χ0n) is 15.3. The molecule has 1 aliphatic heterocycles. The Kier molecular flexibility index (Phi) is 4.31. The molecule has 28 heavy (non-hydrogen) atoms. The van der Waals surface area contributed by atoms with Crippen LogP contribution in [0.2, 0.25) is 0 Å². The number of benzene rings is 3. The number of anilines is 2. The van der Waals surface area contributed by atoms with Crippen LogP contribution in [0.15, 0.2) is 71.6 Å². The molecule has 1 heterocycles. The first-order chi connectivity index (χ1) is 13.4. The van der Waals surface area contributed by atoms with Crippen molar-refractivity contribution in [1.29, 1.82) is 0 Å². The first-order valence-corrected chi connectivity index (χ1v) is 10.0. The molecule has 7 heteroatoms. The fourth-order valence-corrected chi connectivity index (χ4v) is 4.68. The zero-order chi connectivity index (χ0) is 19.9. The van der Waals surface area contributed by atoms with Crippen LogP contribution >= 0.6 is 0 Å². The molecule has 142 valence electrons. The molecular formula is C21H18N2O4S. The number of nitrogens with one attached hydrogen (secondary N) is 1. The molecule has 1 aliphatic rings. The lowest BCUT2D eigenvalue weighted by atomic mass is 10.00. The summed E-state index contributed by atoms with van der Waals surface area (Å²) in [5.41, 5.74) is 2.88. The van der Waals surface area contributed by atoms with Crippen LogP contribution < -0.4 is 14.4 Å². The fourth-order valence-electron chi connectivity index (χ4n) is 3.26. The molecule has 1 N–H and O–H groups in total. The monoisotopic (exact) mass is 394 g/mol. The minimum atomic E-state index is -3.60. The molecule has 6 nitrogen and oxygen atoms in total. The second kappa shape index (κ2) is 6.69. The van der Waals surface area contributed by atoms with Gasteiger partial charge in [0.05, 0.1) is 17.7 Å². The number of hydrogen-bond donors (Lipinski definition) is 1. The van der Waals surface area contributed by atoms with Crippen LogP contribution in [0.25, 0.3) is 11.1 Å². The van der Waals surface area contributed by atoms with Gasteiger partial charge in [-0.3, -0.25) is 9.10 Å². The second-order valence-electron chi connectivity index (χ2n) is 6.39. The van der Waals surface area contributed by atoms with Gasteiger partial charge in [0.1, 0.15) is 5.75 Å². The molecule has 0 unspecified atom stereocenters. The van der Waals surface area contributed by atoms with Crippen molar-refractivity contribution in [3.8, 4) is 16.9 Å². The largest absolute Gasteiger partial charge is 0.497 e. The number of carbonyl (C=O) groups is 1. The Morgan fingerprint density at radius 3 is 2.54 bits per heavy atom. The van der Waals surface area contributed by atoms with Crippen LogP contribution in [-0.4, -0.2) is 28.5 Å². The molecular weight excluding hydrogens is 376 g/mol. The third-order valence-corrected chi connectivity index (χ3v) is 6.57. The van der Waals surface area contributed by atoms with Gasteiger partial charge in [0.25, 0.3) is 15.9 Å². The Morgan fingerprint density at radius 2 is 1.75 bits per heavy atom. The average Bonchev–Trinajstić information content (AvgIpc) is 2.72. The van der Waals surface area contributed by atoms with Crippen molar-refractivity contribution in [1.82, 2.24) is 0 Å². The molecule has 4 rings (SSSR count). The van der Waals surface area contributed by atoms with Crippen molar-refractivity contribution in [2.24, 2.45) is 0 Å². The van der Waals surface area contributed by atoms with E-state index < -0.39 is 10.0 Å². The van der Waals surface area contributed by atoms with Crippen molar-refractivity contribution in [2.75, 3.05) is 23.8 Å².